The summed E-state index contributed by atoms with van der Waals surface area (Å²) in [5.41, 5.74) is 9.37. The van der Waals surface area contributed by atoms with Crippen LogP contribution in [0.4, 0.5) is 0 Å². The first-order valence-electron chi connectivity index (χ1n) is 6.78. The maximum absolute atomic E-state index is 5.93. The van der Waals surface area contributed by atoms with Gasteiger partial charge in [-0.25, -0.2) is 4.98 Å². The molecule has 0 saturated heterocycles. The Morgan fingerprint density at radius 3 is 2.79 bits per heavy atom. The summed E-state index contributed by atoms with van der Waals surface area (Å²) >= 11 is 0. The second-order valence-corrected chi connectivity index (χ2v) is 5.96. The number of benzene rings is 1. The third kappa shape index (κ3) is 3.55. The summed E-state index contributed by atoms with van der Waals surface area (Å²) < 4.78 is 2.12. The summed E-state index contributed by atoms with van der Waals surface area (Å²) in [6.07, 6.45) is 1.00. The van der Waals surface area contributed by atoms with Gasteiger partial charge in [-0.05, 0) is 51.4 Å². The summed E-state index contributed by atoms with van der Waals surface area (Å²) in [6.45, 7) is 7.87. The number of nitrogens with two attached hydrogens (primary N) is 1. The van der Waals surface area contributed by atoms with Crippen molar-refractivity contribution < 1.29 is 0 Å². The molecule has 0 atom stereocenters. The first-order valence-corrected chi connectivity index (χ1v) is 6.78. The lowest BCUT2D eigenvalue weighted by atomic mass is 10.1. The molecule has 0 aliphatic carbocycles. The zero-order valence-electron chi connectivity index (χ0n) is 12.3. The van der Waals surface area contributed by atoms with E-state index in [1.165, 1.54) is 11.1 Å². The third-order valence-electron chi connectivity index (χ3n) is 3.34. The molecule has 0 unspecified atom stereocenters. The number of fused-ring (bicyclic) bond motifs is 1. The Labute approximate surface area is 115 Å². The third-order valence-corrected chi connectivity index (χ3v) is 3.34. The van der Waals surface area contributed by atoms with Crippen LogP contribution in [0.2, 0.25) is 0 Å². The molecule has 0 spiro atoms. The van der Waals surface area contributed by atoms with Crippen molar-refractivity contribution in [2.24, 2.45) is 12.8 Å². The zero-order chi connectivity index (χ0) is 14.0. The molecule has 4 nitrogen and oxygen atoms in total. The van der Waals surface area contributed by atoms with Crippen LogP contribution in [0.3, 0.4) is 0 Å². The van der Waals surface area contributed by atoms with Crippen LogP contribution in [0.15, 0.2) is 18.2 Å². The summed E-state index contributed by atoms with van der Waals surface area (Å²) in [4.78, 5) is 4.56. The molecule has 0 amide bonds. The highest BCUT2D eigenvalue weighted by atomic mass is 15.0. The fourth-order valence-corrected chi connectivity index (χ4v) is 2.16. The monoisotopic (exact) mass is 260 g/mol. The molecule has 3 N–H and O–H groups in total. The summed E-state index contributed by atoms with van der Waals surface area (Å²) in [5, 5.41) is 3.39. The van der Waals surface area contributed by atoms with Gasteiger partial charge in [0.05, 0.1) is 11.0 Å². The molecule has 2 rings (SSSR count). The number of hydrogen-bond donors (Lipinski definition) is 2. The van der Waals surface area contributed by atoms with Gasteiger partial charge in [-0.15, -0.1) is 0 Å². The maximum atomic E-state index is 5.93. The second kappa shape index (κ2) is 5.31. The Bertz CT molecular complexity index is 563. The van der Waals surface area contributed by atoms with E-state index in [0.717, 1.165) is 30.9 Å². The molecule has 1 heterocycles. The highest BCUT2D eigenvalue weighted by Crippen LogP contribution is 2.16. The standard InChI is InChI=1S/C15H24N4/c1-11-18-13-9-12(5-6-14(13)19(11)4)7-8-17-10-15(2,3)16/h5-6,9,17H,7-8,10,16H2,1-4H3. The Morgan fingerprint density at radius 1 is 1.37 bits per heavy atom. The molecule has 19 heavy (non-hydrogen) atoms. The fourth-order valence-electron chi connectivity index (χ4n) is 2.16. The van der Waals surface area contributed by atoms with Gasteiger partial charge in [0.25, 0.3) is 0 Å². The second-order valence-electron chi connectivity index (χ2n) is 5.96. The predicted molar refractivity (Wildman–Crippen MR) is 80.3 cm³/mol. The van der Waals surface area contributed by atoms with Gasteiger partial charge in [-0.3, -0.25) is 0 Å². The Morgan fingerprint density at radius 2 is 2.11 bits per heavy atom. The van der Waals surface area contributed by atoms with Crippen molar-refractivity contribution in [1.29, 1.82) is 0 Å². The Kier molecular flexibility index (Phi) is 3.92. The van der Waals surface area contributed by atoms with E-state index in [0.29, 0.717) is 0 Å². The van der Waals surface area contributed by atoms with Gasteiger partial charge in [-0.2, -0.15) is 0 Å². The smallest absolute Gasteiger partial charge is 0.106 e. The minimum Gasteiger partial charge on any atom is -0.331 e. The molecule has 0 aliphatic heterocycles. The number of hydrogen-bond acceptors (Lipinski definition) is 3. The van der Waals surface area contributed by atoms with Crippen LogP contribution < -0.4 is 11.1 Å². The van der Waals surface area contributed by atoms with Gasteiger partial charge in [0.2, 0.25) is 0 Å². The van der Waals surface area contributed by atoms with Gasteiger partial charge in [0.15, 0.2) is 0 Å². The minimum absolute atomic E-state index is 0.151. The van der Waals surface area contributed by atoms with E-state index >= 15 is 0 Å². The SMILES string of the molecule is Cc1nc2cc(CCNCC(C)(C)N)ccc2n1C. The Balaban J connectivity index is 1.98. The van der Waals surface area contributed by atoms with Gasteiger partial charge in [0.1, 0.15) is 5.82 Å². The molecule has 0 aliphatic rings. The fraction of sp³-hybridized carbons (Fsp3) is 0.533. The number of nitrogens with one attached hydrogen (secondary N) is 1. The van der Waals surface area contributed by atoms with E-state index in [4.69, 9.17) is 5.73 Å². The van der Waals surface area contributed by atoms with Crippen LogP contribution in [-0.2, 0) is 13.5 Å². The highest BCUT2D eigenvalue weighted by Gasteiger charge is 2.09. The van der Waals surface area contributed by atoms with E-state index in [9.17, 15) is 0 Å². The number of aromatic nitrogens is 2. The van der Waals surface area contributed by atoms with Crippen molar-refractivity contribution in [1.82, 2.24) is 14.9 Å². The van der Waals surface area contributed by atoms with Crippen LogP contribution >= 0.6 is 0 Å². The average Bonchev–Trinajstić information content (AvgIpc) is 2.59. The molecule has 0 bridgehead atoms. The number of nitrogens with zero attached hydrogens (tertiary/aromatic N) is 2. The molecule has 4 heteroatoms. The average molecular weight is 260 g/mol. The van der Waals surface area contributed by atoms with E-state index in [-0.39, 0.29) is 5.54 Å². The van der Waals surface area contributed by atoms with Crippen molar-refractivity contribution in [2.45, 2.75) is 32.7 Å². The molecule has 0 radical (unpaired) electrons. The first kappa shape index (κ1) is 14.0. The van der Waals surface area contributed by atoms with Crippen LogP contribution in [0.5, 0.6) is 0 Å². The van der Waals surface area contributed by atoms with Crippen molar-refractivity contribution >= 4 is 11.0 Å². The van der Waals surface area contributed by atoms with Crippen LogP contribution in [0.1, 0.15) is 25.2 Å². The maximum Gasteiger partial charge on any atom is 0.106 e. The van der Waals surface area contributed by atoms with Crippen LogP contribution in [-0.4, -0.2) is 28.2 Å². The first-order chi connectivity index (χ1) is 8.87. The molecule has 1 aromatic carbocycles. The molecule has 104 valence electrons. The molecular formula is C15H24N4. The quantitative estimate of drug-likeness (QED) is 0.805. The van der Waals surface area contributed by atoms with E-state index in [1.807, 2.05) is 20.8 Å². The normalized spacial score (nSPS) is 12.3. The van der Waals surface area contributed by atoms with Crippen molar-refractivity contribution in [3.05, 3.63) is 29.6 Å². The van der Waals surface area contributed by atoms with Crippen molar-refractivity contribution in [3.63, 3.8) is 0 Å². The number of aryl methyl sites for hydroxylation is 2. The van der Waals surface area contributed by atoms with E-state index < -0.39 is 0 Å². The predicted octanol–water partition coefficient (Wildman–Crippen LogP) is 1.75. The number of rotatable bonds is 5. The van der Waals surface area contributed by atoms with Crippen molar-refractivity contribution in [2.75, 3.05) is 13.1 Å². The topological polar surface area (TPSA) is 55.9 Å². The van der Waals surface area contributed by atoms with Gasteiger partial charge < -0.3 is 15.6 Å². The zero-order valence-corrected chi connectivity index (χ0v) is 12.3. The molecule has 2 aromatic rings. The molecule has 0 saturated carbocycles. The molecule has 0 fully saturated rings. The largest absolute Gasteiger partial charge is 0.331 e. The van der Waals surface area contributed by atoms with Gasteiger partial charge in [0, 0.05) is 19.1 Å². The van der Waals surface area contributed by atoms with Gasteiger partial charge in [-0.1, -0.05) is 6.07 Å². The lowest BCUT2D eigenvalue weighted by Crippen LogP contribution is -2.43. The summed E-state index contributed by atoms with van der Waals surface area (Å²) in [6, 6.07) is 6.51. The molecule has 1 aromatic heterocycles. The van der Waals surface area contributed by atoms with Crippen molar-refractivity contribution in [3.8, 4) is 0 Å². The highest BCUT2D eigenvalue weighted by molar-refractivity contribution is 5.76. The van der Waals surface area contributed by atoms with Gasteiger partial charge >= 0.3 is 0 Å². The molecular weight excluding hydrogens is 236 g/mol. The summed E-state index contributed by atoms with van der Waals surface area (Å²) in [5.74, 6) is 1.05. The van der Waals surface area contributed by atoms with E-state index in [2.05, 4.69) is 40.1 Å². The lowest BCUT2D eigenvalue weighted by Gasteiger charge is -2.18. The number of imidazole rings is 1. The van der Waals surface area contributed by atoms with Crippen LogP contribution in [0, 0.1) is 6.92 Å². The minimum atomic E-state index is -0.151. The summed E-state index contributed by atoms with van der Waals surface area (Å²) in [7, 11) is 2.05. The van der Waals surface area contributed by atoms with E-state index in [1.54, 1.807) is 0 Å². The Hall–Kier alpha value is -1.39. The lowest BCUT2D eigenvalue weighted by molar-refractivity contribution is 0.469. The van der Waals surface area contributed by atoms with Crippen LogP contribution in [0.25, 0.3) is 11.0 Å².